The molecular formula is C19H20N2O5S. The third-order valence-corrected chi connectivity index (χ3v) is 5.83. The molecule has 0 aliphatic heterocycles. The lowest BCUT2D eigenvalue weighted by Gasteiger charge is -2.08. The highest BCUT2D eigenvalue weighted by molar-refractivity contribution is 7.90. The number of hydrogen-bond donors (Lipinski definition) is 2. The first-order chi connectivity index (χ1) is 12.8. The fourth-order valence-corrected chi connectivity index (χ4v) is 3.90. The van der Waals surface area contributed by atoms with Crippen LogP contribution in [0.1, 0.15) is 24.8 Å². The third kappa shape index (κ3) is 4.46. The number of carbonyl (C=O) groups excluding carboxylic acids is 2. The highest BCUT2D eigenvalue weighted by Gasteiger charge is 2.43. The number of anilines is 1. The van der Waals surface area contributed by atoms with Gasteiger partial charge in [0.25, 0.3) is 10.0 Å². The molecule has 7 nitrogen and oxygen atoms in total. The topological polar surface area (TPSA) is 102 Å². The fourth-order valence-electron chi connectivity index (χ4n) is 2.90. The monoisotopic (exact) mass is 388 g/mol. The molecule has 0 aromatic heterocycles. The Kier molecular flexibility index (Phi) is 5.18. The maximum Gasteiger partial charge on any atom is 0.264 e. The lowest BCUT2D eigenvalue weighted by atomic mass is 10.1. The molecule has 27 heavy (non-hydrogen) atoms. The van der Waals surface area contributed by atoms with E-state index in [0.29, 0.717) is 5.69 Å². The van der Waals surface area contributed by atoms with Gasteiger partial charge in [0.15, 0.2) is 0 Å². The number of ether oxygens (including phenoxy) is 1. The van der Waals surface area contributed by atoms with Gasteiger partial charge >= 0.3 is 0 Å². The second-order valence-corrected chi connectivity index (χ2v) is 8.08. The van der Waals surface area contributed by atoms with Crippen LogP contribution in [-0.4, -0.2) is 27.3 Å². The van der Waals surface area contributed by atoms with Gasteiger partial charge in [-0.2, -0.15) is 0 Å². The van der Waals surface area contributed by atoms with Crippen LogP contribution >= 0.6 is 0 Å². The Hall–Kier alpha value is -2.87. The minimum Gasteiger partial charge on any atom is -0.497 e. The van der Waals surface area contributed by atoms with E-state index in [0.717, 1.165) is 24.7 Å². The predicted octanol–water partition coefficient (Wildman–Crippen LogP) is 2.26. The summed E-state index contributed by atoms with van der Waals surface area (Å²) in [5.74, 6) is 0.0742. The Bertz CT molecular complexity index is 953. The summed E-state index contributed by atoms with van der Waals surface area (Å²) in [5.41, 5.74) is 1.59. The predicted molar refractivity (Wildman–Crippen MR) is 99.9 cm³/mol. The van der Waals surface area contributed by atoms with E-state index >= 15 is 0 Å². The molecule has 142 valence electrons. The van der Waals surface area contributed by atoms with Crippen LogP contribution in [0.5, 0.6) is 5.75 Å². The molecule has 0 saturated heterocycles. The van der Waals surface area contributed by atoms with Crippen LogP contribution in [0.3, 0.4) is 0 Å². The molecular weight excluding hydrogens is 368 g/mol. The largest absolute Gasteiger partial charge is 0.497 e. The third-order valence-electron chi connectivity index (χ3n) is 4.38. The Labute approximate surface area is 157 Å². The van der Waals surface area contributed by atoms with Crippen molar-refractivity contribution in [1.82, 2.24) is 4.72 Å². The van der Waals surface area contributed by atoms with E-state index in [1.54, 1.807) is 7.11 Å². The summed E-state index contributed by atoms with van der Waals surface area (Å²) >= 11 is 0. The first-order valence-corrected chi connectivity index (χ1v) is 9.87. The number of methoxy groups -OCH3 is 1. The highest BCUT2D eigenvalue weighted by atomic mass is 32.2. The van der Waals surface area contributed by atoms with Crippen LogP contribution in [0.15, 0.2) is 53.4 Å². The molecule has 3 rings (SSSR count). The maximum absolute atomic E-state index is 12.4. The Morgan fingerprint density at radius 2 is 1.67 bits per heavy atom. The Balaban J connectivity index is 1.61. The van der Waals surface area contributed by atoms with Gasteiger partial charge in [-0.25, -0.2) is 13.1 Å². The van der Waals surface area contributed by atoms with E-state index in [9.17, 15) is 18.0 Å². The number of amides is 2. The number of rotatable bonds is 6. The van der Waals surface area contributed by atoms with Gasteiger partial charge in [0, 0.05) is 18.5 Å². The lowest BCUT2D eigenvalue weighted by Crippen LogP contribution is -2.28. The zero-order valence-corrected chi connectivity index (χ0v) is 15.7. The van der Waals surface area contributed by atoms with E-state index in [2.05, 4.69) is 5.32 Å². The second kappa shape index (κ2) is 7.40. The van der Waals surface area contributed by atoms with Crippen LogP contribution < -0.4 is 14.8 Å². The number of benzene rings is 2. The zero-order chi connectivity index (χ0) is 19.6. The standard InChI is InChI=1S/C19H20N2O5S/c1-12(22)21-27(24,25)16-9-5-14(6-10-16)20-19(23)18-11-17(18)13-3-7-15(26-2)8-4-13/h3-10,17-18H,11H2,1-2H3,(H,20,23)(H,21,22). The maximum atomic E-state index is 12.4. The van der Waals surface area contributed by atoms with Crippen molar-refractivity contribution in [2.24, 2.45) is 5.92 Å². The molecule has 1 fully saturated rings. The summed E-state index contributed by atoms with van der Waals surface area (Å²) in [5, 5.41) is 2.80. The van der Waals surface area contributed by atoms with Gasteiger partial charge in [0.05, 0.1) is 12.0 Å². The molecule has 2 unspecified atom stereocenters. The van der Waals surface area contributed by atoms with Crippen molar-refractivity contribution in [3.63, 3.8) is 0 Å². The molecule has 2 aromatic rings. The summed E-state index contributed by atoms with van der Waals surface area (Å²) in [6.45, 7) is 1.13. The molecule has 0 heterocycles. The molecule has 1 saturated carbocycles. The minimum absolute atomic E-state index is 0.0433. The number of hydrogen-bond acceptors (Lipinski definition) is 5. The van der Waals surface area contributed by atoms with Crippen molar-refractivity contribution in [3.8, 4) is 5.75 Å². The van der Waals surface area contributed by atoms with E-state index in [1.165, 1.54) is 24.3 Å². The molecule has 0 spiro atoms. The van der Waals surface area contributed by atoms with E-state index in [-0.39, 0.29) is 22.6 Å². The SMILES string of the molecule is COc1ccc(C2CC2C(=O)Nc2ccc(S(=O)(=O)NC(C)=O)cc2)cc1. The van der Waals surface area contributed by atoms with Crippen LogP contribution in [0.2, 0.25) is 0 Å². The van der Waals surface area contributed by atoms with Crippen LogP contribution in [0, 0.1) is 5.92 Å². The average molecular weight is 388 g/mol. The Morgan fingerprint density at radius 3 is 2.22 bits per heavy atom. The molecule has 8 heteroatoms. The van der Waals surface area contributed by atoms with Crippen LogP contribution in [0.4, 0.5) is 5.69 Å². The fraction of sp³-hybridized carbons (Fsp3) is 0.263. The van der Waals surface area contributed by atoms with E-state index in [1.807, 2.05) is 29.0 Å². The first kappa shape index (κ1) is 18.9. The summed E-state index contributed by atoms with van der Waals surface area (Å²) in [4.78, 5) is 23.3. The molecule has 1 aliphatic carbocycles. The van der Waals surface area contributed by atoms with Crippen LogP contribution in [0.25, 0.3) is 0 Å². The molecule has 2 amide bonds. The van der Waals surface area contributed by atoms with Crippen molar-refractivity contribution in [3.05, 3.63) is 54.1 Å². The summed E-state index contributed by atoms with van der Waals surface area (Å²) < 4.78 is 30.8. The second-order valence-electron chi connectivity index (χ2n) is 6.40. The normalized spacial score (nSPS) is 18.4. The minimum atomic E-state index is -3.88. The van der Waals surface area contributed by atoms with Crippen molar-refractivity contribution < 1.29 is 22.7 Å². The van der Waals surface area contributed by atoms with Crippen LogP contribution in [-0.2, 0) is 19.6 Å². The summed E-state index contributed by atoms with van der Waals surface area (Å²) in [6.07, 6.45) is 0.771. The van der Waals surface area contributed by atoms with Gasteiger partial charge in [0.2, 0.25) is 11.8 Å². The van der Waals surface area contributed by atoms with Gasteiger partial charge in [-0.1, -0.05) is 12.1 Å². The van der Waals surface area contributed by atoms with Gasteiger partial charge in [-0.3, -0.25) is 9.59 Å². The summed E-state index contributed by atoms with van der Waals surface area (Å²) in [7, 11) is -2.28. The quantitative estimate of drug-likeness (QED) is 0.790. The lowest BCUT2D eigenvalue weighted by molar-refractivity contribution is -0.118. The zero-order valence-electron chi connectivity index (χ0n) is 14.9. The first-order valence-electron chi connectivity index (χ1n) is 8.38. The molecule has 1 aliphatic rings. The van der Waals surface area contributed by atoms with E-state index in [4.69, 9.17) is 4.74 Å². The molecule has 0 radical (unpaired) electrons. The van der Waals surface area contributed by atoms with Gasteiger partial charge < -0.3 is 10.1 Å². The van der Waals surface area contributed by atoms with Gasteiger partial charge in [0.1, 0.15) is 5.75 Å². The molecule has 0 bridgehead atoms. The van der Waals surface area contributed by atoms with Gasteiger partial charge in [-0.05, 0) is 54.3 Å². The highest BCUT2D eigenvalue weighted by Crippen LogP contribution is 2.48. The summed E-state index contributed by atoms with van der Waals surface area (Å²) in [6, 6.07) is 13.3. The van der Waals surface area contributed by atoms with Crippen molar-refractivity contribution in [2.45, 2.75) is 24.2 Å². The molecule has 2 aromatic carbocycles. The number of carbonyl (C=O) groups is 2. The van der Waals surface area contributed by atoms with Crippen molar-refractivity contribution in [1.29, 1.82) is 0 Å². The molecule has 2 atom stereocenters. The number of nitrogens with one attached hydrogen (secondary N) is 2. The van der Waals surface area contributed by atoms with E-state index < -0.39 is 15.9 Å². The van der Waals surface area contributed by atoms with Crippen molar-refractivity contribution in [2.75, 3.05) is 12.4 Å². The van der Waals surface area contributed by atoms with Gasteiger partial charge in [-0.15, -0.1) is 0 Å². The smallest absolute Gasteiger partial charge is 0.264 e. The average Bonchev–Trinajstić information content (AvgIpc) is 3.42. The number of sulfonamides is 1. The molecule has 2 N–H and O–H groups in total. The Morgan fingerprint density at radius 1 is 1.04 bits per heavy atom. The van der Waals surface area contributed by atoms with Crippen molar-refractivity contribution >= 4 is 27.5 Å².